The Balaban J connectivity index is 2.33. The zero-order valence-electron chi connectivity index (χ0n) is 8.01. The third-order valence-corrected chi connectivity index (χ3v) is 2.10. The molecule has 5 nitrogen and oxygen atoms in total. The maximum absolute atomic E-state index is 9.91. The fraction of sp³-hybridized carbons (Fsp3) is 0.333. The summed E-state index contributed by atoms with van der Waals surface area (Å²) in [5, 5.41) is 17.4. The van der Waals surface area contributed by atoms with Crippen LogP contribution in [0.5, 0.6) is 0 Å². The van der Waals surface area contributed by atoms with E-state index in [0.29, 0.717) is 11.3 Å². The van der Waals surface area contributed by atoms with Gasteiger partial charge in [0.25, 0.3) is 0 Å². The molecule has 1 atom stereocenters. The highest BCUT2D eigenvalue weighted by Crippen LogP contribution is 2.22. The van der Waals surface area contributed by atoms with Crippen molar-refractivity contribution in [3.05, 3.63) is 35.5 Å². The molecule has 0 saturated carbocycles. The van der Waals surface area contributed by atoms with E-state index in [-0.39, 0.29) is 0 Å². The van der Waals surface area contributed by atoms with Crippen LogP contribution in [0.15, 0.2) is 22.9 Å². The van der Waals surface area contributed by atoms with Crippen LogP contribution < -0.4 is 0 Å². The van der Waals surface area contributed by atoms with E-state index in [0.717, 1.165) is 5.76 Å². The van der Waals surface area contributed by atoms with Crippen LogP contribution >= 0.6 is 0 Å². The number of aliphatic hydroxyl groups excluding tert-OH is 1. The molecule has 0 spiro atoms. The Hall–Kier alpha value is -1.62. The number of aryl methyl sites for hydroxylation is 2. The molecule has 0 amide bonds. The van der Waals surface area contributed by atoms with Gasteiger partial charge in [-0.1, -0.05) is 5.21 Å². The van der Waals surface area contributed by atoms with Crippen molar-refractivity contribution < 1.29 is 9.52 Å². The molecule has 1 unspecified atom stereocenters. The lowest BCUT2D eigenvalue weighted by Crippen LogP contribution is -2.05. The summed E-state index contributed by atoms with van der Waals surface area (Å²) in [7, 11) is 1.73. The fourth-order valence-corrected chi connectivity index (χ4v) is 1.32. The van der Waals surface area contributed by atoms with Gasteiger partial charge in [-0.15, -0.1) is 5.10 Å². The molecule has 2 aromatic rings. The first kappa shape index (κ1) is 8.96. The number of hydrogen-bond donors (Lipinski definition) is 1. The lowest BCUT2D eigenvalue weighted by atomic mass is 10.1. The second-order valence-corrected chi connectivity index (χ2v) is 3.18. The van der Waals surface area contributed by atoms with Crippen molar-refractivity contribution in [3.8, 4) is 0 Å². The van der Waals surface area contributed by atoms with Gasteiger partial charge in [0, 0.05) is 12.6 Å². The van der Waals surface area contributed by atoms with Crippen LogP contribution in [0.2, 0.25) is 0 Å². The van der Waals surface area contributed by atoms with E-state index in [4.69, 9.17) is 4.42 Å². The van der Waals surface area contributed by atoms with E-state index in [1.165, 1.54) is 17.1 Å². The average molecular weight is 193 g/mol. The molecule has 1 N–H and O–H groups in total. The maximum Gasteiger partial charge on any atom is 0.125 e. The largest absolute Gasteiger partial charge is 0.469 e. The standard InChI is InChI=1S/C9H11N3O2/c1-6-3-7(5-14-6)9(13)8-4-10-11-12(8)2/h3-5,9,13H,1-2H3. The van der Waals surface area contributed by atoms with Crippen molar-refractivity contribution in [2.75, 3.05) is 0 Å². The van der Waals surface area contributed by atoms with Crippen molar-refractivity contribution >= 4 is 0 Å². The molecule has 5 heteroatoms. The molecule has 0 radical (unpaired) electrons. The van der Waals surface area contributed by atoms with E-state index in [2.05, 4.69) is 10.3 Å². The molecule has 0 aliphatic rings. The zero-order valence-corrected chi connectivity index (χ0v) is 8.01. The first-order valence-corrected chi connectivity index (χ1v) is 4.26. The second kappa shape index (κ2) is 3.26. The molecular weight excluding hydrogens is 182 g/mol. The van der Waals surface area contributed by atoms with Crippen molar-refractivity contribution in [2.24, 2.45) is 7.05 Å². The lowest BCUT2D eigenvalue weighted by molar-refractivity contribution is 0.209. The van der Waals surface area contributed by atoms with Gasteiger partial charge in [0.15, 0.2) is 0 Å². The first-order valence-electron chi connectivity index (χ1n) is 4.26. The van der Waals surface area contributed by atoms with E-state index in [9.17, 15) is 5.11 Å². The summed E-state index contributed by atoms with van der Waals surface area (Å²) in [6.07, 6.45) is 2.34. The molecule has 2 aromatic heterocycles. The monoisotopic (exact) mass is 193 g/mol. The summed E-state index contributed by atoms with van der Waals surface area (Å²) in [4.78, 5) is 0. The molecule has 2 heterocycles. The third-order valence-electron chi connectivity index (χ3n) is 2.10. The van der Waals surface area contributed by atoms with E-state index in [1.807, 2.05) is 6.92 Å². The van der Waals surface area contributed by atoms with E-state index < -0.39 is 6.10 Å². The molecular formula is C9H11N3O2. The van der Waals surface area contributed by atoms with Crippen LogP contribution in [0.25, 0.3) is 0 Å². The highest BCUT2D eigenvalue weighted by molar-refractivity contribution is 5.22. The summed E-state index contributed by atoms with van der Waals surface area (Å²) in [5.74, 6) is 0.772. The van der Waals surface area contributed by atoms with Crippen molar-refractivity contribution in [3.63, 3.8) is 0 Å². The number of hydrogen-bond acceptors (Lipinski definition) is 4. The number of rotatable bonds is 2. The highest BCUT2D eigenvalue weighted by atomic mass is 16.3. The third kappa shape index (κ3) is 1.42. The Morgan fingerprint density at radius 3 is 2.86 bits per heavy atom. The topological polar surface area (TPSA) is 64.1 Å². The normalized spacial score (nSPS) is 13.1. The molecule has 0 saturated heterocycles. The Morgan fingerprint density at radius 1 is 1.57 bits per heavy atom. The predicted molar refractivity (Wildman–Crippen MR) is 48.5 cm³/mol. The minimum atomic E-state index is -0.729. The van der Waals surface area contributed by atoms with Gasteiger partial charge in [0.2, 0.25) is 0 Å². The quantitative estimate of drug-likeness (QED) is 0.766. The molecule has 2 rings (SSSR count). The van der Waals surface area contributed by atoms with Gasteiger partial charge < -0.3 is 9.52 Å². The van der Waals surface area contributed by atoms with Gasteiger partial charge in [0.05, 0.1) is 18.2 Å². The molecule has 14 heavy (non-hydrogen) atoms. The Morgan fingerprint density at radius 2 is 2.36 bits per heavy atom. The summed E-state index contributed by atoms with van der Waals surface area (Å²) < 4.78 is 6.65. The van der Waals surface area contributed by atoms with Crippen LogP contribution in [0.3, 0.4) is 0 Å². The van der Waals surface area contributed by atoms with Gasteiger partial charge in [-0.05, 0) is 13.0 Å². The first-order chi connectivity index (χ1) is 6.68. The van der Waals surface area contributed by atoms with Gasteiger partial charge in [-0.2, -0.15) is 0 Å². The smallest absolute Gasteiger partial charge is 0.125 e. The predicted octanol–water partition coefficient (Wildman–Crippen LogP) is 0.798. The Bertz CT molecular complexity index is 433. The van der Waals surface area contributed by atoms with Crippen LogP contribution in [0.4, 0.5) is 0 Å². The number of aliphatic hydroxyl groups is 1. The summed E-state index contributed by atoms with van der Waals surface area (Å²) in [6.45, 7) is 1.83. The molecule has 74 valence electrons. The fourth-order valence-electron chi connectivity index (χ4n) is 1.32. The molecule has 0 aliphatic carbocycles. The summed E-state index contributed by atoms with van der Waals surface area (Å²) >= 11 is 0. The SMILES string of the molecule is Cc1cc(C(O)c2cnnn2C)co1. The van der Waals surface area contributed by atoms with Crippen molar-refractivity contribution in [1.29, 1.82) is 0 Å². The van der Waals surface area contributed by atoms with Gasteiger partial charge in [-0.3, -0.25) is 0 Å². The number of furan rings is 1. The van der Waals surface area contributed by atoms with Crippen LogP contribution in [0, 0.1) is 6.92 Å². The minimum absolute atomic E-state index is 0.644. The van der Waals surface area contributed by atoms with Crippen LogP contribution in [-0.2, 0) is 7.05 Å². The second-order valence-electron chi connectivity index (χ2n) is 3.18. The van der Waals surface area contributed by atoms with Crippen molar-refractivity contribution in [1.82, 2.24) is 15.0 Å². The lowest BCUT2D eigenvalue weighted by Gasteiger charge is -2.06. The number of aromatic nitrogens is 3. The molecule has 0 fully saturated rings. The molecule has 0 aromatic carbocycles. The molecule has 0 aliphatic heterocycles. The van der Waals surface area contributed by atoms with Crippen LogP contribution in [-0.4, -0.2) is 20.1 Å². The Kier molecular flexibility index (Phi) is 2.09. The van der Waals surface area contributed by atoms with Crippen molar-refractivity contribution in [2.45, 2.75) is 13.0 Å². The number of nitrogens with zero attached hydrogens (tertiary/aromatic N) is 3. The van der Waals surface area contributed by atoms with E-state index in [1.54, 1.807) is 13.1 Å². The van der Waals surface area contributed by atoms with E-state index >= 15 is 0 Å². The Labute approximate surface area is 81.0 Å². The summed E-state index contributed by atoms with van der Waals surface area (Å²) in [6, 6.07) is 1.79. The highest BCUT2D eigenvalue weighted by Gasteiger charge is 2.16. The summed E-state index contributed by atoms with van der Waals surface area (Å²) in [5.41, 5.74) is 1.36. The minimum Gasteiger partial charge on any atom is -0.469 e. The van der Waals surface area contributed by atoms with Gasteiger partial charge >= 0.3 is 0 Å². The van der Waals surface area contributed by atoms with Gasteiger partial charge in [0.1, 0.15) is 11.9 Å². The average Bonchev–Trinajstić information content (AvgIpc) is 2.73. The molecule has 0 bridgehead atoms. The zero-order chi connectivity index (χ0) is 10.1. The van der Waals surface area contributed by atoms with Crippen LogP contribution in [0.1, 0.15) is 23.1 Å². The van der Waals surface area contributed by atoms with Gasteiger partial charge in [-0.25, -0.2) is 4.68 Å². The maximum atomic E-state index is 9.91.